The van der Waals surface area contributed by atoms with E-state index in [2.05, 4.69) is 5.32 Å². The van der Waals surface area contributed by atoms with Gasteiger partial charge in [-0.1, -0.05) is 11.6 Å². The molecule has 1 aliphatic rings. The molecule has 2 heterocycles. The van der Waals surface area contributed by atoms with Crippen molar-refractivity contribution in [1.29, 1.82) is 0 Å². The number of rotatable bonds is 4. The van der Waals surface area contributed by atoms with E-state index in [1.807, 2.05) is 13.0 Å². The molecule has 1 N–H and O–H groups in total. The van der Waals surface area contributed by atoms with E-state index >= 15 is 0 Å². The first kappa shape index (κ1) is 15.5. The molecule has 1 aromatic heterocycles. The van der Waals surface area contributed by atoms with Crippen LogP contribution in [0.3, 0.4) is 0 Å². The topological polar surface area (TPSA) is 60.7 Å². The number of nitrogens with one attached hydrogen (secondary N) is 1. The molecule has 0 spiro atoms. The minimum absolute atomic E-state index is 0.203. The predicted molar refractivity (Wildman–Crippen MR) is 86.7 cm³/mol. The van der Waals surface area contributed by atoms with E-state index in [0.29, 0.717) is 35.5 Å². The molecule has 1 amide bonds. The molecular weight excluding hydrogens is 318 g/mol. The predicted octanol–water partition coefficient (Wildman–Crippen LogP) is 3.59. The highest BCUT2D eigenvalue weighted by molar-refractivity contribution is 6.32. The average Bonchev–Trinajstić information content (AvgIpc) is 3.07. The zero-order chi connectivity index (χ0) is 16.2. The number of carbonyl (C=O) groups excluding carboxylic acids is 1. The largest absolute Gasteiger partial charge is 0.486 e. The maximum atomic E-state index is 12.0. The smallest absolute Gasteiger partial charge is 0.244 e. The van der Waals surface area contributed by atoms with E-state index < -0.39 is 0 Å². The second-order valence-corrected chi connectivity index (χ2v) is 5.51. The normalized spacial score (nSPS) is 14.7. The van der Waals surface area contributed by atoms with Crippen LogP contribution < -0.4 is 14.8 Å². The highest BCUT2D eigenvalue weighted by Crippen LogP contribution is 2.38. The van der Waals surface area contributed by atoms with Crippen LogP contribution in [0.4, 0.5) is 0 Å². The van der Waals surface area contributed by atoms with Crippen LogP contribution in [0, 0.1) is 0 Å². The van der Waals surface area contributed by atoms with Gasteiger partial charge in [-0.05, 0) is 42.8 Å². The van der Waals surface area contributed by atoms with Crippen LogP contribution in [-0.4, -0.2) is 19.1 Å². The summed E-state index contributed by atoms with van der Waals surface area (Å²) in [6.07, 6.45) is 4.69. The average molecular weight is 334 g/mol. The summed E-state index contributed by atoms with van der Waals surface area (Å²) < 4.78 is 16.2. The maximum Gasteiger partial charge on any atom is 0.244 e. The fraction of sp³-hybridized carbons (Fsp3) is 0.235. The molecule has 0 radical (unpaired) electrons. The first-order chi connectivity index (χ1) is 11.1. The Morgan fingerprint density at radius 1 is 1.35 bits per heavy atom. The van der Waals surface area contributed by atoms with Crippen LogP contribution in [0.15, 0.2) is 41.0 Å². The fourth-order valence-corrected chi connectivity index (χ4v) is 2.54. The number of carbonyl (C=O) groups is 1. The molecule has 120 valence electrons. The zero-order valence-electron chi connectivity index (χ0n) is 12.5. The summed E-state index contributed by atoms with van der Waals surface area (Å²) in [5.74, 6) is 1.62. The number of hydrogen-bond acceptors (Lipinski definition) is 4. The van der Waals surface area contributed by atoms with Crippen LogP contribution >= 0.6 is 11.6 Å². The molecule has 0 fully saturated rings. The standard InChI is InChI=1S/C17H16ClNO4/c1-11(14-3-2-6-21-14)19-16(20)5-4-12-9-13(18)17-15(10-12)22-7-8-23-17/h2-6,9-11H,7-8H2,1H3,(H,19,20)/b5-4+/t11-/m0/s1. The number of benzene rings is 1. The Hall–Kier alpha value is -2.40. The summed E-state index contributed by atoms with van der Waals surface area (Å²) in [4.78, 5) is 12.0. The van der Waals surface area contributed by atoms with Crippen molar-refractivity contribution in [2.75, 3.05) is 13.2 Å². The van der Waals surface area contributed by atoms with Gasteiger partial charge in [0.2, 0.25) is 5.91 Å². The number of hydrogen-bond donors (Lipinski definition) is 1. The molecule has 0 aliphatic carbocycles. The van der Waals surface area contributed by atoms with Gasteiger partial charge in [0.1, 0.15) is 19.0 Å². The van der Waals surface area contributed by atoms with Crippen LogP contribution in [-0.2, 0) is 4.79 Å². The molecule has 0 saturated heterocycles. The Labute approximate surface area is 138 Å². The molecule has 5 nitrogen and oxygen atoms in total. The first-order valence-electron chi connectivity index (χ1n) is 7.24. The molecule has 0 unspecified atom stereocenters. The van der Waals surface area contributed by atoms with Crippen LogP contribution in [0.1, 0.15) is 24.3 Å². The van der Waals surface area contributed by atoms with Gasteiger partial charge in [0.05, 0.1) is 17.3 Å². The monoisotopic (exact) mass is 333 g/mol. The van der Waals surface area contributed by atoms with Crippen molar-refractivity contribution < 1.29 is 18.7 Å². The first-order valence-corrected chi connectivity index (χ1v) is 7.62. The molecule has 0 saturated carbocycles. The summed E-state index contributed by atoms with van der Waals surface area (Å²) in [7, 11) is 0. The van der Waals surface area contributed by atoms with E-state index in [4.69, 9.17) is 25.5 Å². The highest BCUT2D eigenvalue weighted by Gasteiger charge is 2.16. The molecule has 0 bridgehead atoms. The third-order valence-corrected chi connectivity index (χ3v) is 3.66. The van der Waals surface area contributed by atoms with Gasteiger partial charge in [0.25, 0.3) is 0 Å². The van der Waals surface area contributed by atoms with Crippen molar-refractivity contribution in [3.63, 3.8) is 0 Å². The van der Waals surface area contributed by atoms with Crippen molar-refractivity contribution in [3.05, 3.63) is 53.0 Å². The van der Waals surface area contributed by atoms with Gasteiger partial charge in [0, 0.05) is 6.08 Å². The fourth-order valence-electron chi connectivity index (χ4n) is 2.27. The van der Waals surface area contributed by atoms with Gasteiger partial charge in [-0.15, -0.1) is 0 Å². The summed E-state index contributed by atoms with van der Waals surface area (Å²) in [5, 5.41) is 3.29. The Bertz CT molecular complexity index is 724. The van der Waals surface area contributed by atoms with Crippen molar-refractivity contribution in [1.82, 2.24) is 5.32 Å². The molecule has 6 heteroatoms. The van der Waals surface area contributed by atoms with E-state index in [1.165, 1.54) is 6.08 Å². The van der Waals surface area contributed by atoms with Gasteiger partial charge >= 0.3 is 0 Å². The highest BCUT2D eigenvalue weighted by atomic mass is 35.5. The van der Waals surface area contributed by atoms with Gasteiger partial charge < -0.3 is 19.2 Å². The molecule has 23 heavy (non-hydrogen) atoms. The van der Waals surface area contributed by atoms with Crippen LogP contribution in [0.5, 0.6) is 11.5 Å². The second kappa shape index (κ2) is 6.79. The van der Waals surface area contributed by atoms with Crippen molar-refractivity contribution >= 4 is 23.6 Å². The molecule has 1 atom stereocenters. The SMILES string of the molecule is C[C@H](NC(=O)/C=C/c1cc(Cl)c2c(c1)OCCO2)c1ccco1. The van der Waals surface area contributed by atoms with Gasteiger partial charge in [0.15, 0.2) is 11.5 Å². The molecule has 1 aromatic carbocycles. The van der Waals surface area contributed by atoms with E-state index in [9.17, 15) is 4.79 Å². The molecule has 2 aromatic rings. The third kappa shape index (κ3) is 3.68. The Balaban J connectivity index is 1.67. The Morgan fingerprint density at radius 2 is 2.17 bits per heavy atom. The van der Waals surface area contributed by atoms with Crippen molar-refractivity contribution in [3.8, 4) is 11.5 Å². The minimum Gasteiger partial charge on any atom is -0.486 e. The lowest BCUT2D eigenvalue weighted by molar-refractivity contribution is -0.117. The lowest BCUT2D eigenvalue weighted by Gasteiger charge is -2.19. The third-order valence-electron chi connectivity index (χ3n) is 3.38. The zero-order valence-corrected chi connectivity index (χ0v) is 13.3. The minimum atomic E-state index is -0.222. The summed E-state index contributed by atoms with van der Waals surface area (Å²) in [6.45, 7) is 2.82. The lowest BCUT2D eigenvalue weighted by atomic mass is 10.1. The number of fused-ring (bicyclic) bond motifs is 1. The second-order valence-electron chi connectivity index (χ2n) is 5.11. The lowest BCUT2D eigenvalue weighted by Crippen LogP contribution is -2.24. The number of furan rings is 1. The van der Waals surface area contributed by atoms with Crippen molar-refractivity contribution in [2.24, 2.45) is 0 Å². The molecule has 1 aliphatic heterocycles. The molecule has 3 rings (SSSR count). The van der Waals surface area contributed by atoms with Crippen LogP contribution in [0.2, 0.25) is 5.02 Å². The van der Waals surface area contributed by atoms with Crippen LogP contribution in [0.25, 0.3) is 6.08 Å². The maximum absolute atomic E-state index is 12.0. The summed E-state index contributed by atoms with van der Waals surface area (Å²) in [6, 6.07) is 6.92. The Kier molecular flexibility index (Phi) is 4.57. The molecular formula is C17H16ClNO4. The number of ether oxygens (including phenoxy) is 2. The van der Waals surface area contributed by atoms with E-state index in [0.717, 1.165) is 5.56 Å². The van der Waals surface area contributed by atoms with E-state index in [-0.39, 0.29) is 11.9 Å². The number of amides is 1. The van der Waals surface area contributed by atoms with Gasteiger partial charge in [-0.3, -0.25) is 4.79 Å². The van der Waals surface area contributed by atoms with Gasteiger partial charge in [-0.25, -0.2) is 0 Å². The summed E-state index contributed by atoms with van der Waals surface area (Å²) in [5.41, 5.74) is 0.764. The Morgan fingerprint density at radius 3 is 2.96 bits per heavy atom. The quantitative estimate of drug-likeness (QED) is 0.868. The van der Waals surface area contributed by atoms with E-state index in [1.54, 1.807) is 30.5 Å². The number of halogens is 1. The van der Waals surface area contributed by atoms with Crippen molar-refractivity contribution in [2.45, 2.75) is 13.0 Å². The van der Waals surface area contributed by atoms with Gasteiger partial charge in [-0.2, -0.15) is 0 Å². The summed E-state index contributed by atoms with van der Waals surface area (Å²) >= 11 is 6.16.